The molecule has 2 rings (SSSR count). The van der Waals surface area contributed by atoms with Crippen molar-refractivity contribution in [3.63, 3.8) is 0 Å². The minimum Gasteiger partial charge on any atom is -0.457 e. The van der Waals surface area contributed by atoms with Crippen molar-refractivity contribution in [2.75, 3.05) is 33.0 Å². The van der Waals surface area contributed by atoms with Crippen molar-refractivity contribution in [3.05, 3.63) is 109 Å². The van der Waals surface area contributed by atoms with Crippen LogP contribution < -0.4 is 0 Å². The van der Waals surface area contributed by atoms with E-state index in [9.17, 15) is 40.5 Å². The summed E-state index contributed by atoms with van der Waals surface area (Å²) < 4.78 is 34.2. The van der Waals surface area contributed by atoms with Crippen LogP contribution in [-0.2, 0) is 33.2 Å². The number of hydrogen-bond donors (Lipinski definition) is 7. The molecule has 2 saturated heterocycles. The maximum atomic E-state index is 13.0. The van der Waals surface area contributed by atoms with Crippen molar-refractivity contribution >= 4 is 5.97 Å². The first kappa shape index (κ1) is 65.8. The Labute approximate surface area is 438 Å². The first-order valence-corrected chi connectivity index (χ1v) is 27.5. The molecular formula is C59H96O14. The molecule has 0 bridgehead atoms. The van der Waals surface area contributed by atoms with Gasteiger partial charge in [-0.15, -0.1) is 0 Å². The Balaban J connectivity index is 1.72. The molecule has 11 unspecified atom stereocenters. The van der Waals surface area contributed by atoms with Crippen molar-refractivity contribution < 1.29 is 69.0 Å². The first-order chi connectivity index (χ1) is 35.6. The summed E-state index contributed by atoms with van der Waals surface area (Å²) in [7, 11) is 0. The fraction of sp³-hybridized carbons (Fsp3) is 0.678. The highest BCUT2D eigenvalue weighted by atomic mass is 16.7. The number of rotatable bonds is 42. The van der Waals surface area contributed by atoms with Gasteiger partial charge in [-0.3, -0.25) is 4.79 Å². The van der Waals surface area contributed by atoms with Gasteiger partial charge in [0.1, 0.15) is 54.9 Å². The fourth-order valence-corrected chi connectivity index (χ4v) is 7.91. The van der Waals surface area contributed by atoms with Gasteiger partial charge in [0.05, 0.1) is 26.4 Å². The maximum absolute atomic E-state index is 13.0. The molecule has 11 atom stereocenters. The highest BCUT2D eigenvalue weighted by molar-refractivity contribution is 5.69. The molecule has 0 radical (unpaired) electrons. The zero-order valence-electron chi connectivity index (χ0n) is 44.3. The summed E-state index contributed by atoms with van der Waals surface area (Å²) in [5.41, 5.74) is 0. The lowest BCUT2D eigenvalue weighted by Gasteiger charge is -2.42. The molecule has 2 aliphatic heterocycles. The molecule has 0 spiro atoms. The molecule has 7 N–H and O–H groups in total. The predicted molar refractivity (Wildman–Crippen MR) is 288 cm³/mol. The molecule has 0 aliphatic carbocycles. The summed E-state index contributed by atoms with van der Waals surface area (Å²) in [6.07, 6.45) is 44.6. The molecule has 14 nitrogen and oxygen atoms in total. The minimum absolute atomic E-state index is 0.0223. The third kappa shape index (κ3) is 32.0. The van der Waals surface area contributed by atoms with E-state index in [-0.39, 0.29) is 19.6 Å². The average molecular weight is 1030 g/mol. The number of ether oxygens (including phenoxy) is 6. The smallest absolute Gasteiger partial charge is 0.306 e. The van der Waals surface area contributed by atoms with Crippen LogP contribution in [0.1, 0.15) is 155 Å². The van der Waals surface area contributed by atoms with Crippen molar-refractivity contribution in [2.24, 2.45) is 0 Å². The van der Waals surface area contributed by atoms with Gasteiger partial charge in [0.25, 0.3) is 0 Å². The van der Waals surface area contributed by atoms with Crippen LogP contribution in [0.15, 0.2) is 109 Å². The third-order valence-electron chi connectivity index (χ3n) is 12.3. The Hall–Kier alpha value is -3.35. The summed E-state index contributed by atoms with van der Waals surface area (Å²) in [6, 6.07) is 0. The maximum Gasteiger partial charge on any atom is 0.306 e. The van der Waals surface area contributed by atoms with E-state index in [2.05, 4.69) is 111 Å². The number of carbonyl (C=O) groups excluding carboxylic acids is 1. The van der Waals surface area contributed by atoms with Gasteiger partial charge in [-0.1, -0.05) is 175 Å². The Kier molecular flexibility index (Phi) is 40.4. The van der Waals surface area contributed by atoms with E-state index >= 15 is 0 Å². The highest BCUT2D eigenvalue weighted by Crippen LogP contribution is 2.26. The molecule has 73 heavy (non-hydrogen) atoms. The van der Waals surface area contributed by atoms with Gasteiger partial charge in [0.15, 0.2) is 12.6 Å². The van der Waals surface area contributed by atoms with Crippen LogP contribution in [0.5, 0.6) is 0 Å². The Morgan fingerprint density at radius 3 is 1.33 bits per heavy atom. The van der Waals surface area contributed by atoms with Crippen LogP contribution in [0.4, 0.5) is 0 Å². The van der Waals surface area contributed by atoms with Crippen LogP contribution in [-0.4, -0.2) is 142 Å². The monoisotopic (exact) mass is 1030 g/mol. The predicted octanol–water partition coefficient (Wildman–Crippen LogP) is 9.18. The Morgan fingerprint density at radius 2 is 0.849 bits per heavy atom. The molecule has 2 aliphatic rings. The average Bonchev–Trinajstić information content (AvgIpc) is 3.39. The van der Waals surface area contributed by atoms with Gasteiger partial charge in [-0.25, -0.2) is 0 Å². The van der Waals surface area contributed by atoms with Gasteiger partial charge < -0.3 is 64.2 Å². The molecule has 0 saturated carbocycles. The van der Waals surface area contributed by atoms with Gasteiger partial charge in [0, 0.05) is 13.0 Å². The standard InChI is InChI=1S/C59H96O14/c1-3-5-7-9-11-13-15-17-18-19-20-21-22-23-24-25-26-27-28-29-31-33-35-37-39-41-43-68-45-48(71-51(61)42-40-38-36-34-32-30-16-14-12-10-8-6-4-2)46-69-58-57(67)55(65)53(63)50(73-58)47-70-59-56(66)54(64)52(62)49(44-60)72-59/h5-8,11-14,17-18,20-21,23-24,30,32,36,38,48-50,52-60,62-67H,3-4,9-10,15-16,19,22,25-29,31,33-35,37,39-47H2,1-2H3/b7-5-,8-6-,13-11-,14-12-,18-17-,21-20-,24-23-,32-30-,38-36-. The molecule has 0 aromatic carbocycles. The van der Waals surface area contributed by atoms with Crippen molar-refractivity contribution in [1.29, 1.82) is 0 Å². The zero-order chi connectivity index (χ0) is 53.0. The normalized spacial score (nSPS) is 25.8. The fourth-order valence-electron chi connectivity index (χ4n) is 7.91. The second-order valence-electron chi connectivity index (χ2n) is 18.6. The van der Waals surface area contributed by atoms with Crippen LogP contribution in [0.3, 0.4) is 0 Å². The van der Waals surface area contributed by atoms with Crippen LogP contribution in [0.25, 0.3) is 0 Å². The Morgan fingerprint density at radius 1 is 0.452 bits per heavy atom. The van der Waals surface area contributed by atoms with Crippen LogP contribution in [0.2, 0.25) is 0 Å². The first-order valence-electron chi connectivity index (χ1n) is 27.5. The van der Waals surface area contributed by atoms with Gasteiger partial charge in [0.2, 0.25) is 0 Å². The third-order valence-corrected chi connectivity index (χ3v) is 12.3. The summed E-state index contributed by atoms with van der Waals surface area (Å²) in [4.78, 5) is 13.0. The van der Waals surface area contributed by atoms with E-state index < -0.39 is 86.7 Å². The summed E-state index contributed by atoms with van der Waals surface area (Å²) in [5.74, 6) is -0.462. The molecular weight excluding hydrogens is 933 g/mol. The molecule has 0 amide bonds. The van der Waals surface area contributed by atoms with Crippen LogP contribution >= 0.6 is 0 Å². The van der Waals surface area contributed by atoms with Crippen LogP contribution in [0, 0.1) is 0 Å². The van der Waals surface area contributed by atoms with E-state index in [4.69, 9.17) is 28.4 Å². The van der Waals surface area contributed by atoms with E-state index in [1.165, 1.54) is 44.9 Å². The molecule has 2 fully saturated rings. The summed E-state index contributed by atoms with van der Waals surface area (Å²) in [5, 5.41) is 72.2. The second-order valence-corrected chi connectivity index (χ2v) is 18.6. The van der Waals surface area contributed by atoms with Gasteiger partial charge >= 0.3 is 5.97 Å². The van der Waals surface area contributed by atoms with Crippen molar-refractivity contribution in [3.8, 4) is 0 Å². The van der Waals surface area contributed by atoms with E-state index in [0.29, 0.717) is 13.0 Å². The van der Waals surface area contributed by atoms with Gasteiger partial charge in [-0.2, -0.15) is 0 Å². The molecule has 14 heteroatoms. The largest absolute Gasteiger partial charge is 0.457 e. The Bertz CT molecular complexity index is 1620. The number of aliphatic hydroxyl groups excluding tert-OH is 7. The lowest BCUT2D eigenvalue weighted by atomic mass is 9.98. The molecule has 2 heterocycles. The second kappa shape index (κ2) is 44.9. The van der Waals surface area contributed by atoms with Crippen molar-refractivity contribution in [2.45, 2.75) is 223 Å². The van der Waals surface area contributed by atoms with Crippen molar-refractivity contribution in [1.82, 2.24) is 0 Å². The lowest BCUT2D eigenvalue weighted by Crippen LogP contribution is -2.61. The molecule has 0 aromatic rings. The number of hydrogen-bond acceptors (Lipinski definition) is 14. The van der Waals surface area contributed by atoms with E-state index in [1.54, 1.807) is 0 Å². The number of allylic oxidation sites excluding steroid dienone is 18. The number of carbonyl (C=O) groups is 1. The molecule has 416 valence electrons. The SMILES string of the molecule is CC/C=C\C/C=C\C/C=C\C/C=C\C/C=C\CCCCCCCCCCCCOCC(COC1OC(COC2OC(CO)C(O)C(O)C2O)C(O)C(O)C1O)OC(=O)CC/C=C\C/C=C\C/C=C\C/C=C\CC. The number of unbranched alkanes of at least 4 members (excludes halogenated alkanes) is 10. The summed E-state index contributed by atoms with van der Waals surface area (Å²) >= 11 is 0. The number of aliphatic hydroxyl groups is 7. The minimum atomic E-state index is -1.73. The van der Waals surface area contributed by atoms with E-state index in [0.717, 1.165) is 83.5 Å². The summed E-state index contributed by atoms with van der Waals surface area (Å²) in [6.45, 7) is 3.32. The zero-order valence-corrected chi connectivity index (χ0v) is 44.3. The highest BCUT2D eigenvalue weighted by Gasteiger charge is 2.47. The molecule has 0 aromatic heterocycles. The van der Waals surface area contributed by atoms with Gasteiger partial charge in [-0.05, 0) is 83.5 Å². The lowest BCUT2D eigenvalue weighted by molar-refractivity contribution is -0.332. The van der Waals surface area contributed by atoms with E-state index in [1.807, 2.05) is 12.2 Å². The topological polar surface area (TPSA) is 214 Å². The quantitative estimate of drug-likeness (QED) is 0.0173. The number of esters is 1.